The van der Waals surface area contributed by atoms with Crippen LogP contribution in [0.15, 0.2) is 18.2 Å². The predicted molar refractivity (Wildman–Crippen MR) is 58.2 cm³/mol. The highest BCUT2D eigenvalue weighted by Gasteiger charge is 2.38. The van der Waals surface area contributed by atoms with Gasteiger partial charge in [-0.05, 0) is 43.0 Å². The summed E-state index contributed by atoms with van der Waals surface area (Å²) in [5, 5.41) is 13.0. The number of ether oxygens (including phenoxy) is 1. The van der Waals surface area contributed by atoms with Crippen LogP contribution >= 0.6 is 0 Å². The molecule has 0 aromatic heterocycles. The highest BCUT2D eigenvalue weighted by molar-refractivity contribution is 5.61. The minimum Gasteiger partial charge on any atom is -0.508 e. The lowest BCUT2D eigenvalue weighted by Gasteiger charge is -2.34. The molecule has 0 atom stereocenters. The molecule has 0 aliphatic carbocycles. The van der Waals surface area contributed by atoms with Crippen molar-refractivity contribution in [3.63, 3.8) is 0 Å². The van der Waals surface area contributed by atoms with Crippen LogP contribution in [-0.2, 0) is 11.2 Å². The highest BCUT2D eigenvalue weighted by atomic mass is 16.5. The summed E-state index contributed by atoms with van der Waals surface area (Å²) >= 11 is 0. The predicted octanol–water partition coefficient (Wildman–Crippen LogP) is 1.91. The zero-order chi connectivity index (χ0) is 10.3. The van der Waals surface area contributed by atoms with Crippen LogP contribution in [0.3, 0.4) is 0 Å². The maximum Gasteiger partial charge on any atom is 0.116 e. The van der Waals surface area contributed by atoms with Gasteiger partial charge in [-0.1, -0.05) is 0 Å². The normalized spacial score (nSPS) is 22.4. The number of hydrogen-bond acceptors (Lipinski definition) is 3. The van der Waals surface area contributed by atoms with E-state index in [4.69, 9.17) is 4.74 Å². The van der Waals surface area contributed by atoms with Gasteiger partial charge in [0.2, 0.25) is 0 Å². The number of nitrogens with one attached hydrogen (secondary N) is 1. The molecular weight excluding hydrogens is 190 g/mol. The molecule has 0 bridgehead atoms. The third kappa shape index (κ3) is 1.47. The van der Waals surface area contributed by atoms with E-state index in [1.54, 1.807) is 6.07 Å². The number of rotatable bonds is 0. The van der Waals surface area contributed by atoms with Crippen LogP contribution in [0.25, 0.3) is 0 Å². The van der Waals surface area contributed by atoms with E-state index < -0.39 is 0 Å². The number of phenols is 1. The first-order valence-electron chi connectivity index (χ1n) is 5.45. The zero-order valence-corrected chi connectivity index (χ0v) is 8.62. The summed E-state index contributed by atoms with van der Waals surface area (Å²) in [5.74, 6) is 0.361. The molecule has 80 valence electrons. The fourth-order valence-corrected chi connectivity index (χ4v) is 2.61. The van der Waals surface area contributed by atoms with E-state index in [1.807, 2.05) is 12.1 Å². The van der Waals surface area contributed by atoms with Gasteiger partial charge in [0, 0.05) is 24.4 Å². The Morgan fingerprint density at radius 3 is 2.87 bits per heavy atom. The Bertz CT molecular complexity index is 383. The van der Waals surface area contributed by atoms with Crippen LogP contribution < -0.4 is 5.32 Å². The third-order valence-electron chi connectivity index (χ3n) is 3.47. The molecule has 1 aromatic carbocycles. The van der Waals surface area contributed by atoms with Crippen molar-refractivity contribution < 1.29 is 9.84 Å². The average molecular weight is 205 g/mol. The second kappa shape index (κ2) is 3.14. The van der Waals surface area contributed by atoms with Crippen molar-refractivity contribution in [3.8, 4) is 5.75 Å². The summed E-state index contributed by atoms with van der Waals surface area (Å²) in [4.78, 5) is 0. The van der Waals surface area contributed by atoms with E-state index in [0.29, 0.717) is 5.75 Å². The first-order valence-corrected chi connectivity index (χ1v) is 5.45. The molecule has 0 radical (unpaired) electrons. The lowest BCUT2D eigenvalue weighted by Crippen LogP contribution is -2.41. The van der Waals surface area contributed by atoms with Crippen LogP contribution in [0.2, 0.25) is 0 Å². The van der Waals surface area contributed by atoms with Gasteiger partial charge in [-0.15, -0.1) is 0 Å². The van der Waals surface area contributed by atoms with Crippen molar-refractivity contribution in [3.05, 3.63) is 23.8 Å². The Morgan fingerprint density at radius 1 is 1.27 bits per heavy atom. The van der Waals surface area contributed by atoms with Gasteiger partial charge in [-0.2, -0.15) is 0 Å². The molecule has 2 aliphatic heterocycles. The number of fused-ring (bicyclic) bond motifs is 1. The Kier molecular flexibility index (Phi) is 1.89. The zero-order valence-electron chi connectivity index (χ0n) is 8.62. The van der Waals surface area contributed by atoms with Crippen LogP contribution in [0.4, 0.5) is 5.69 Å². The number of benzene rings is 1. The minimum atomic E-state index is 0.189. The summed E-state index contributed by atoms with van der Waals surface area (Å²) < 4.78 is 5.39. The SMILES string of the molecule is Oc1ccc2c(c1)CC1(CCOCC1)N2. The molecule has 2 heterocycles. The summed E-state index contributed by atoms with van der Waals surface area (Å²) in [7, 11) is 0. The van der Waals surface area contributed by atoms with Crippen molar-refractivity contribution in [2.45, 2.75) is 24.8 Å². The van der Waals surface area contributed by atoms with Crippen molar-refractivity contribution in [1.29, 1.82) is 0 Å². The number of hydrogen-bond donors (Lipinski definition) is 2. The van der Waals surface area contributed by atoms with Crippen LogP contribution in [0.1, 0.15) is 18.4 Å². The number of aromatic hydroxyl groups is 1. The molecule has 2 N–H and O–H groups in total. The molecular formula is C12H15NO2. The first-order chi connectivity index (χ1) is 7.27. The molecule has 1 saturated heterocycles. The van der Waals surface area contributed by atoms with Crippen molar-refractivity contribution in [2.24, 2.45) is 0 Å². The number of phenolic OH excluding ortho intramolecular Hbond substituents is 1. The monoisotopic (exact) mass is 205 g/mol. The Balaban J connectivity index is 1.90. The molecule has 3 heteroatoms. The van der Waals surface area contributed by atoms with Crippen LogP contribution in [-0.4, -0.2) is 23.9 Å². The summed E-state index contributed by atoms with van der Waals surface area (Å²) in [6.45, 7) is 1.68. The molecule has 3 rings (SSSR count). The highest BCUT2D eigenvalue weighted by Crippen LogP contribution is 2.39. The maximum atomic E-state index is 9.43. The molecule has 0 saturated carbocycles. The van der Waals surface area contributed by atoms with Gasteiger partial charge in [0.25, 0.3) is 0 Å². The van der Waals surface area contributed by atoms with E-state index in [2.05, 4.69) is 5.32 Å². The quantitative estimate of drug-likeness (QED) is 0.636. The van der Waals surface area contributed by atoms with E-state index in [9.17, 15) is 5.11 Å². The van der Waals surface area contributed by atoms with Gasteiger partial charge < -0.3 is 15.2 Å². The van der Waals surface area contributed by atoms with E-state index >= 15 is 0 Å². The minimum absolute atomic E-state index is 0.189. The second-order valence-corrected chi connectivity index (χ2v) is 4.54. The first kappa shape index (κ1) is 9.04. The van der Waals surface area contributed by atoms with Crippen molar-refractivity contribution in [2.75, 3.05) is 18.5 Å². The fourth-order valence-electron chi connectivity index (χ4n) is 2.61. The fraction of sp³-hybridized carbons (Fsp3) is 0.500. The summed E-state index contributed by atoms with van der Waals surface area (Å²) in [6.07, 6.45) is 3.13. The van der Waals surface area contributed by atoms with Crippen LogP contribution in [0, 0.1) is 0 Å². The van der Waals surface area contributed by atoms with Gasteiger partial charge in [-0.3, -0.25) is 0 Å². The summed E-state index contributed by atoms with van der Waals surface area (Å²) in [6, 6.07) is 5.58. The van der Waals surface area contributed by atoms with Crippen molar-refractivity contribution in [1.82, 2.24) is 0 Å². The molecule has 15 heavy (non-hydrogen) atoms. The maximum absolute atomic E-state index is 9.43. The van der Waals surface area contributed by atoms with Crippen molar-refractivity contribution >= 4 is 5.69 Å². The van der Waals surface area contributed by atoms with Gasteiger partial charge in [0.05, 0.1) is 0 Å². The Morgan fingerprint density at radius 2 is 2.07 bits per heavy atom. The van der Waals surface area contributed by atoms with Gasteiger partial charge in [0.1, 0.15) is 5.75 Å². The summed E-state index contributed by atoms with van der Waals surface area (Å²) in [5.41, 5.74) is 2.60. The lowest BCUT2D eigenvalue weighted by molar-refractivity contribution is 0.0624. The molecule has 0 unspecified atom stereocenters. The third-order valence-corrected chi connectivity index (χ3v) is 3.47. The molecule has 1 aromatic rings. The molecule has 1 spiro atoms. The van der Waals surface area contributed by atoms with E-state index in [-0.39, 0.29) is 5.54 Å². The van der Waals surface area contributed by atoms with E-state index in [1.165, 1.54) is 11.3 Å². The second-order valence-electron chi connectivity index (χ2n) is 4.54. The topological polar surface area (TPSA) is 41.5 Å². The van der Waals surface area contributed by atoms with E-state index in [0.717, 1.165) is 32.5 Å². The van der Waals surface area contributed by atoms with Gasteiger partial charge in [-0.25, -0.2) is 0 Å². The lowest BCUT2D eigenvalue weighted by atomic mass is 9.87. The molecule has 2 aliphatic rings. The molecule has 3 nitrogen and oxygen atoms in total. The molecule has 0 amide bonds. The standard InChI is InChI=1S/C12H15NO2/c14-10-1-2-11-9(7-10)8-12(13-11)3-5-15-6-4-12/h1-2,7,13-14H,3-6,8H2. The largest absolute Gasteiger partial charge is 0.508 e. The average Bonchev–Trinajstić information content (AvgIpc) is 2.56. The smallest absolute Gasteiger partial charge is 0.116 e. The Labute approximate surface area is 89.1 Å². The molecule has 1 fully saturated rings. The van der Waals surface area contributed by atoms with Crippen LogP contribution in [0.5, 0.6) is 5.75 Å². The number of anilines is 1. The van der Waals surface area contributed by atoms with Gasteiger partial charge in [0.15, 0.2) is 0 Å². The Hall–Kier alpha value is -1.22. The van der Waals surface area contributed by atoms with Gasteiger partial charge >= 0.3 is 0 Å².